The molecule has 0 atom stereocenters. The number of benzene rings is 2. The molecule has 2 aromatic rings. The first-order valence-electron chi connectivity index (χ1n) is 7.67. The Labute approximate surface area is 139 Å². The molecule has 0 spiro atoms. The summed E-state index contributed by atoms with van der Waals surface area (Å²) in [5, 5.41) is 2.75. The molecule has 1 aliphatic heterocycles. The molecule has 5 nitrogen and oxygen atoms in total. The lowest BCUT2D eigenvalue weighted by atomic mass is 10.1. The Morgan fingerprint density at radius 3 is 2.88 bits per heavy atom. The van der Waals surface area contributed by atoms with Crippen molar-refractivity contribution >= 4 is 17.5 Å². The summed E-state index contributed by atoms with van der Waals surface area (Å²) in [4.78, 5) is 25.5. The van der Waals surface area contributed by atoms with Gasteiger partial charge in [0.05, 0.1) is 12.1 Å². The molecule has 124 valence electrons. The van der Waals surface area contributed by atoms with Crippen LogP contribution in [0.2, 0.25) is 0 Å². The van der Waals surface area contributed by atoms with Gasteiger partial charge in [-0.25, -0.2) is 4.39 Å². The third kappa shape index (κ3) is 3.71. The predicted octanol–water partition coefficient (Wildman–Crippen LogP) is 1.91. The van der Waals surface area contributed by atoms with E-state index in [2.05, 4.69) is 5.32 Å². The lowest BCUT2D eigenvalue weighted by Crippen LogP contribution is -2.43. The fourth-order valence-corrected chi connectivity index (χ4v) is 2.60. The average molecular weight is 328 g/mol. The Morgan fingerprint density at radius 1 is 1.21 bits per heavy atom. The summed E-state index contributed by atoms with van der Waals surface area (Å²) in [6.07, 6.45) is 0.103. The Morgan fingerprint density at radius 2 is 2.04 bits per heavy atom. The number of nitrogens with zero attached hydrogens (tertiary/aromatic N) is 1. The Hall–Kier alpha value is -2.89. The van der Waals surface area contributed by atoms with E-state index >= 15 is 0 Å². The number of anilines is 1. The Kier molecular flexibility index (Phi) is 4.74. The number of hydrogen-bond acceptors (Lipinski definition) is 3. The van der Waals surface area contributed by atoms with E-state index in [4.69, 9.17) is 4.74 Å². The number of para-hydroxylation sites is 2. The molecule has 6 heteroatoms. The maximum absolute atomic E-state index is 13.1. The van der Waals surface area contributed by atoms with Crippen LogP contribution in [0, 0.1) is 5.82 Å². The van der Waals surface area contributed by atoms with Crippen LogP contribution < -0.4 is 15.0 Å². The normalized spacial score (nSPS) is 13.2. The zero-order valence-corrected chi connectivity index (χ0v) is 13.0. The van der Waals surface area contributed by atoms with Crippen LogP contribution in [0.25, 0.3) is 0 Å². The third-order valence-electron chi connectivity index (χ3n) is 3.72. The lowest BCUT2D eigenvalue weighted by molar-refractivity contribution is -0.122. The molecule has 3 rings (SSSR count). The van der Waals surface area contributed by atoms with E-state index < -0.39 is 0 Å². The number of amides is 2. The molecule has 0 radical (unpaired) electrons. The number of halogens is 1. The van der Waals surface area contributed by atoms with Crippen molar-refractivity contribution in [1.29, 1.82) is 0 Å². The largest absolute Gasteiger partial charge is 0.482 e. The first kappa shape index (κ1) is 16.0. The minimum Gasteiger partial charge on any atom is -0.482 e. The first-order chi connectivity index (χ1) is 11.6. The van der Waals surface area contributed by atoms with Crippen LogP contribution in [0.4, 0.5) is 10.1 Å². The van der Waals surface area contributed by atoms with Gasteiger partial charge in [-0.15, -0.1) is 0 Å². The van der Waals surface area contributed by atoms with Crippen molar-refractivity contribution in [3.63, 3.8) is 0 Å². The molecule has 0 aliphatic carbocycles. The van der Waals surface area contributed by atoms with Gasteiger partial charge in [0.25, 0.3) is 5.91 Å². The molecule has 0 bridgehead atoms. The molecule has 0 fully saturated rings. The van der Waals surface area contributed by atoms with Gasteiger partial charge in [-0.3, -0.25) is 9.59 Å². The highest BCUT2D eigenvalue weighted by molar-refractivity contribution is 5.97. The van der Waals surface area contributed by atoms with Crippen molar-refractivity contribution in [3.05, 3.63) is 59.9 Å². The van der Waals surface area contributed by atoms with Gasteiger partial charge in [-0.05, 0) is 29.8 Å². The molecule has 0 saturated carbocycles. The highest BCUT2D eigenvalue weighted by Crippen LogP contribution is 2.30. The summed E-state index contributed by atoms with van der Waals surface area (Å²) in [5.41, 5.74) is 1.31. The maximum Gasteiger partial charge on any atom is 0.265 e. The van der Waals surface area contributed by atoms with Gasteiger partial charge in [0.15, 0.2) is 6.61 Å². The number of nitrogens with one attached hydrogen (secondary N) is 1. The average Bonchev–Trinajstić information content (AvgIpc) is 2.57. The number of ether oxygens (including phenoxy) is 1. The Bertz CT molecular complexity index is 763. The monoisotopic (exact) mass is 328 g/mol. The summed E-state index contributed by atoms with van der Waals surface area (Å²) in [5.74, 6) is -0.0679. The summed E-state index contributed by atoms with van der Waals surface area (Å²) < 4.78 is 18.5. The molecule has 0 aromatic heterocycles. The minimum absolute atomic E-state index is 0.00570. The van der Waals surface area contributed by atoms with Crippen LogP contribution in [-0.4, -0.2) is 31.5 Å². The molecular formula is C18H17FN2O3. The summed E-state index contributed by atoms with van der Waals surface area (Å²) >= 11 is 0. The van der Waals surface area contributed by atoms with Crippen molar-refractivity contribution in [2.45, 2.75) is 6.42 Å². The predicted molar refractivity (Wildman–Crippen MR) is 87.4 cm³/mol. The van der Waals surface area contributed by atoms with E-state index in [0.717, 1.165) is 0 Å². The number of fused-ring (bicyclic) bond motifs is 1. The Balaban J connectivity index is 1.54. The summed E-state index contributed by atoms with van der Waals surface area (Å²) in [6, 6.07) is 13.2. The van der Waals surface area contributed by atoms with Crippen LogP contribution in [0.3, 0.4) is 0 Å². The van der Waals surface area contributed by atoms with Crippen LogP contribution >= 0.6 is 0 Å². The van der Waals surface area contributed by atoms with E-state index in [1.54, 1.807) is 29.2 Å². The molecule has 1 aliphatic rings. The van der Waals surface area contributed by atoms with Gasteiger partial charge in [0, 0.05) is 13.1 Å². The number of carbonyl (C=O) groups is 2. The van der Waals surface area contributed by atoms with Gasteiger partial charge >= 0.3 is 0 Å². The zero-order valence-electron chi connectivity index (χ0n) is 13.0. The molecule has 0 saturated heterocycles. The second-order valence-corrected chi connectivity index (χ2v) is 5.46. The van der Waals surface area contributed by atoms with Crippen LogP contribution in [0.1, 0.15) is 5.56 Å². The number of rotatable bonds is 5. The van der Waals surface area contributed by atoms with Crippen LogP contribution in [0.15, 0.2) is 48.5 Å². The topological polar surface area (TPSA) is 58.6 Å². The van der Waals surface area contributed by atoms with E-state index in [-0.39, 0.29) is 30.7 Å². The van der Waals surface area contributed by atoms with Crippen molar-refractivity contribution in [2.75, 3.05) is 24.6 Å². The highest BCUT2D eigenvalue weighted by Gasteiger charge is 2.24. The SMILES string of the molecule is O=C(Cc1cccc(F)c1)NCCN1C(=O)COc2ccccc21. The second-order valence-electron chi connectivity index (χ2n) is 5.46. The van der Waals surface area contributed by atoms with Gasteiger partial charge in [-0.2, -0.15) is 0 Å². The van der Waals surface area contributed by atoms with Crippen molar-refractivity contribution < 1.29 is 18.7 Å². The smallest absolute Gasteiger partial charge is 0.265 e. The first-order valence-corrected chi connectivity index (χ1v) is 7.67. The van der Waals surface area contributed by atoms with Gasteiger partial charge in [-0.1, -0.05) is 24.3 Å². The van der Waals surface area contributed by atoms with Crippen molar-refractivity contribution in [1.82, 2.24) is 5.32 Å². The second kappa shape index (κ2) is 7.12. The van der Waals surface area contributed by atoms with Crippen molar-refractivity contribution in [2.24, 2.45) is 0 Å². The van der Waals surface area contributed by atoms with Crippen molar-refractivity contribution in [3.8, 4) is 5.75 Å². The lowest BCUT2D eigenvalue weighted by Gasteiger charge is -2.29. The third-order valence-corrected chi connectivity index (χ3v) is 3.72. The van der Waals surface area contributed by atoms with Crippen LogP contribution in [-0.2, 0) is 16.0 Å². The molecule has 2 amide bonds. The molecule has 2 aromatic carbocycles. The molecule has 1 heterocycles. The maximum atomic E-state index is 13.1. The number of hydrogen-bond donors (Lipinski definition) is 1. The minimum atomic E-state index is -0.365. The fourth-order valence-electron chi connectivity index (χ4n) is 2.60. The molecule has 1 N–H and O–H groups in total. The van der Waals surface area contributed by atoms with E-state index in [1.807, 2.05) is 12.1 Å². The highest BCUT2D eigenvalue weighted by atomic mass is 19.1. The molecule has 24 heavy (non-hydrogen) atoms. The fraction of sp³-hybridized carbons (Fsp3) is 0.222. The van der Waals surface area contributed by atoms with E-state index in [1.165, 1.54) is 12.1 Å². The summed E-state index contributed by atoms with van der Waals surface area (Å²) in [6.45, 7) is 0.663. The quantitative estimate of drug-likeness (QED) is 0.912. The number of carbonyl (C=O) groups excluding carboxylic acids is 2. The summed E-state index contributed by atoms with van der Waals surface area (Å²) in [7, 11) is 0. The molecular weight excluding hydrogens is 311 g/mol. The van der Waals surface area contributed by atoms with Gasteiger partial charge in [0.1, 0.15) is 11.6 Å². The zero-order chi connectivity index (χ0) is 16.9. The van der Waals surface area contributed by atoms with Gasteiger partial charge < -0.3 is 15.0 Å². The van der Waals surface area contributed by atoms with Gasteiger partial charge in [0.2, 0.25) is 5.91 Å². The van der Waals surface area contributed by atoms with E-state index in [9.17, 15) is 14.0 Å². The van der Waals surface area contributed by atoms with Crippen LogP contribution in [0.5, 0.6) is 5.75 Å². The van der Waals surface area contributed by atoms with E-state index in [0.29, 0.717) is 30.1 Å². The standard InChI is InChI=1S/C18H17FN2O3/c19-14-5-3-4-13(10-14)11-17(22)20-8-9-21-15-6-1-2-7-16(15)24-12-18(21)23/h1-7,10H,8-9,11-12H2,(H,20,22). The molecule has 0 unspecified atom stereocenters.